The van der Waals surface area contributed by atoms with Crippen molar-refractivity contribution in [1.82, 2.24) is 0 Å². The normalized spacial score (nSPS) is 36.2. The predicted molar refractivity (Wildman–Crippen MR) is 144 cm³/mol. The van der Waals surface area contributed by atoms with E-state index in [9.17, 15) is 0 Å². The van der Waals surface area contributed by atoms with Gasteiger partial charge in [-0.25, -0.2) is 0 Å². The Bertz CT molecular complexity index is 747. The second-order valence-electron chi connectivity index (χ2n) is 8.97. The van der Waals surface area contributed by atoms with Crippen LogP contribution in [0.15, 0.2) is 33.9 Å². The fraction of sp³-hybridized carbons (Fsp3) is 0.760. The van der Waals surface area contributed by atoms with Crippen LogP contribution in [0.3, 0.4) is 0 Å². The Kier molecular flexibility index (Phi) is 15.9. The number of methoxy groups -OCH3 is 6. The molecule has 3 aliphatic rings. The molecule has 0 aromatic rings. The molecule has 0 aromatic heterocycles. The number of halogens is 2. The molecule has 12 heteroatoms. The van der Waals surface area contributed by atoms with Crippen molar-refractivity contribution in [2.45, 2.75) is 80.4 Å². The van der Waals surface area contributed by atoms with Gasteiger partial charge in [0.25, 0.3) is 0 Å². The second-order valence-corrected chi connectivity index (χ2v) is 10.9. The minimum absolute atomic E-state index is 0.00694. The van der Waals surface area contributed by atoms with Gasteiger partial charge in [-0.15, -0.1) is 5.70 Å². The van der Waals surface area contributed by atoms with Crippen molar-refractivity contribution < 1.29 is 41.6 Å². The molecule has 5 atom stereocenters. The standard InChI is InChI=1S/C25H40N3O6.2ClH.Mn/c1-29-20-10-18(11-21(30-2)24(20)33-5)26-14-16-8-7-9-17(28-16)15-27-19-12-22(31-3)25(34-6)23(13-19)32-4;;;/h7-9,14-16,18-25H,10-13H2,1-6H3;2*1H;/q-1;;;+2/p-2. The van der Waals surface area contributed by atoms with Crippen LogP contribution in [-0.4, -0.2) is 110 Å². The number of allylic oxidation sites excluding steroid dienone is 3. The molecule has 9 nitrogen and oxygen atoms in total. The number of hydrogen-bond donors (Lipinski definition) is 0. The van der Waals surface area contributed by atoms with E-state index >= 15 is 0 Å². The van der Waals surface area contributed by atoms with Crippen molar-refractivity contribution in [2.24, 2.45) is 9.98 Å². The first-order chi connectivity index (χ1) is 18.0. The molecule has 2 fully saturated rings. The van der Waals surface area contributed by atoms with Crippen LogP contribution in [0.5, 0.6) is 0 Å². The molecule has 0 N–H and O–H groups in total. The molecular formula is C25H40Cl2MnN3O6-. The van der Waals surface area contributed by atoms with Crippen molar-refractivity contribution >= 4 is 32.6 Å². The third-order valence-electron chi connectivity index (χ3n) is 6.98. The van der Waals surface area contributed by atoms with Crippen molar-refractivity contribution in [2.75, 3.05) is 42.7 Å². The fourth-order valence-electron chi connectivity index (χ4n) is 5.13. The summed E-state index contributed by atoms with van der Waals surface area (Å²) in [5.41, 5.74) is 0.823. The van der Waals surface area contributed by atoms with Gasteiger partial charge in [0, 0.05) is 48.9 Å². The molecular weight excluding hydrogens is 564 g/mol. The summed E-state index contributed by atoms with van der Waals surface area (Å²) < 4.78 is 33.7. The van der Waals surface area contributed by atoms with Gasteiger partial charge in [-0.2, -0.15) is 0 Å². The van der Waals surface area contributed by atoms with E-state index in [1.54, 1.807) is 42.7 Å². The van der Waals surface area contributed by atoms with Gasteiger partial charge >= 0.3 is 33.3 Å². The van der Waals surface area contributed by atoms with Gasteiger partial charge in [-0.05, 0) is 31.9 Å². The average molecular weight is 604 g/mol. The molecule has 2 aliphatic carbocycles. The second kappa shape index (κ2) is 17.9. The van der Waals surface area contributed by atoms with Gasteiger partial charge in [0.15, 0.2) is 0 Å². The molecule has 213 valence electrons. The maximum atomic E-state index is 5.63. The van der Waals surface area contributed by atoms with Crippen molar-refractivity contribution in [1.29, 1.82) is 0 Å². The van der Waals surface area contributed by atoms with Crippen molar-refractivity contribution in [3.8, 4) is 0 Å². The molecule has 2 saturated carbocycles. The Labute approximate surface area is 235 Å². The minimum atomic E-state index is -0.128. The van der Waals surface area contributed by atoms with E-state index in [0.717, 1.165) is 31.4 Å². The first kappa shape index (κ1) is 32.7. The summed E-state index contributed by atoms with van der Waals surface area (Å²) in [5, 5.41) is 4.77. The Morgan fingerprint density at radius 1 is 0.757 bits per heavy atom. The molecule has 0 bridgehead atoms. The SMILES string of the molecule is COC1CC(N=CC2=CC=CC(C=NC3CC(OC)C(OC)C(OC)C3)[N-]2)CC(OC)C1OC.[Cl][Mn][Cl]. The van der Waals surface area contributed by atoms with Crippen LogP contribution in [0, 0.1) is 0 Å². The molecule has 0 radical (unpaired) electrons. The first-order valence-electron chi connectivity index (χ1n) is 12.2. The zero-order valence-electron chi connectivity index (χ0n) is 22.3. The van der Waals surface area contributed by atoms with E-state index in [4.69, 9.17) is 63.9 Å². The molecule has 0 amide bonds. The van der Waals surface area contributed by atoms with Gasteiger partial charge < -0.3 is 33.7 Å². The zero-order chi connectivity index (χ0) is 27.2. The number of hydrogen-bond acceptors (Lipinski definition) is 8. The van der Waals surface area contributed by atoms with E-state index in [1.807, 2.05) is 30.7 Å². The van der Waals surface area contributed by atoms with Crippen LogP contribution in [0.1, 0.15) is 25.7 Å². The van der Waals surface area contributed by atoms with E-state index in [-0.39, 0.29) is 67.9 Å². The molecule has 1 aliphatic heterocycles. The predicted octanol–water partition coefficient (Wildman–Crippen LogP) is 4.12. The summed E-state index contributed by atoms with van der Waals surface area (Å²) in [6.07, 6.45) is 12.5. The summed E-state index contributed by atoms with van der Waals surface area (Å²) in [6, 6.07) is 0.0560. The van der Waals surface area contributed by atoms with Crippen LogP contribution >= 0.6 is 20.2 Å². The molecule has 0 aromatic carbocycles. The van der Waals surface area contributed by atoms with E-state index in [2.05, 4.69) is 0 Å². The summed E-state index contributed by atoms with van der Waals surface area (Å²) >= 11 is 0.00694. The summed E-state index contributed by atoms with van der Waals surface area (Å²) in [5.74, 6) is 0. The molecule has 3 rings (SSSR count). The van der Waals surface area contributed by atoms with E-state index in [1.165, 1.54) is 0 Å². The Morgan fingerprint density at radius 3 is 1.59 bits per heavy atom. The number of nitrogens with zero attached hydrogens (tertiary/aromatic N) is 3. The first-order valence-corrected chi connectivity index (χ1v) is 15.4. The van der Waals surface area contributed by atoms with E-state index < -0.39 is 0 Å². The van der Waals surface area contributed by atoms with Crippen LogP contribution in [0.4, 0.5) is 0 Å². The fourth-order valence-corrected chi connectivity index (χ4v) is 5.13. The van der Waals surface area contributed by atoms with Crippen molar-refractivity contribution in [3.05, 3.63) is 29.2 Å². The van der Waals surface area contributed by atoms with Crippen molar-refractivity contribution in [3.63, 3.8) is 0 Å². The molecule has 1 heterocycles. The van der Waals surface area contributed by atoms with Crippen LogP contribution in [0.2, 0.25) is 0 Å². The quantitative estimate of drug-likeness (QED) is 0.275. The summed E-state index contributed by atoms with van der Waals surface area (Å²) in [7, 11) is 19.8. The van der Waals surface area contributed by atoms with Gasteiger partial charge in [0.2, 0.25) is 0 Å². The Balaban J connectivity index is 0.00000153. The van der Waals surface area contributed by atoms with Gasteiger partial charge in [0.05, 0.1) is 36.5 Å². The van der Waals surface area contributed by atoms with Crippen LogP contribution in [-0.2, 0) is 41.6 Å². The molecule has 0 spiro atoms. The van der Waals surface area contributed by atoms with Gasteiger partial charge in [-0.3, -0.25) is 9.98 Å². The Hall–Kier alpha value is -0.521. The van der Waals surface area contributed by atoms with Crippen LogP contribution in [0.25, 0.3) is 5.32 Å². The molecule has 5 unspecified atom stereocenters. The molecule has 0 saturated heterocycles. The maximum absolute atomic E-state index is 5.63. The van der Waals surface area contributed by atoms with E-state index in [0.29, 0.717) is 0 Å². The van der Waals surface area contributed by atoms with Crippen LogP contribution < -0.4 is 0 Å². The summed E-state index contributed by atoms with van der Waals surface area (Å²) in [4.78, 5) is 9.60. The number of aliphatic imine (C=N–C) groups is 2. The average Bonchev–Trinajstić information content (AvgIpc) is 2.94. The third kappa shape index (κ3) is 9.87. The monoisotopic (exact) mass is 603 g/mol. The number of ether oxygens (including phenoxy) is 6. The van der Waals surface area contributed by atoms with Gasteiger partial charge in [-0.1, -0.05) is 24.3 Å². The van der Waals surface area contributed by atoms with Gasteiger partial charge in [0.1, 0.15) is 12.2 Å². The third-order valence-corrected chi connectivity index (χ3v) is 6.98. The topological polar surface area (TPSA) is 94.2 Å². The Morgan fingerprint density at radius 2 is 1.19 bits per heavy atom. The zero-order valence-corrected chi connectivity index (χ0v) is 25.0. The number of rotatable bonds is 10. The summed E-state index contributed by atoms with van der Waals surface area (Å²) in [6.45, 7) is 0. The molecule has 37 heavy (non-hydrogen) atoms.